The Labute approximate surface area is 106 Å². The Morgan fingerprint density at radius 3 is 2.39 bits per heavy atom. The van der Waals surface area contributed by atoms with Crippen LogP contribution in [-0.2, 0) is 4.74 Å². The number of hydrogen-bond donors (Lipinski definition) is 2. The van der Waals surface area contributed by atoms with Crippen LogP contribution in [-0.4, -0.2) is 45.3 Å². The fourth-order valence-electron chi connectivity index (χ4n) is 2.56. The lowest BCUT2D eigenvalue weighted by molar-refractivity contribution is -0.171. The summed E-state index contributed by atoms with van der Waals surface area (Å²) in [7, 11) is 0. The Hall–Kier alpha value is -1.56. The Morgan fingerprint density at radius 1 is 1.39 bits per heavy atom. The molecule has 6 nitrogen and oxygen atoms in total. The molecule has 1 fully saturated rings. The molecule has 3 N–H and O–H groups in total. The van der Waals surface area contributed by atoms with Gasteiger partial charge in [0, 0.05) is 13.1 Å². The van der Waals surface area contributed by atoms with E-state index < -0.39 is 0 Å². The zero-order valence-electron chi connectivity index (χ0n) is 11.3. The van der Waals surface area contributed by atoms with Crippen LogP contribution >= 0.6 is 0 Å². The molecule has 1 aliphatic rings. The van der Waals surface area contributed by atoms with E-state index in [1.807, 2.05) is 27.7 Å². The molecule has 1 amide bonds. The van der Waals surface area contributed by atoms with Crippen molar-refractivity contribution >= 4 is 11.6 Å². The minimum absolute atomic E-state index is 0.130. The standard InChI is InChI=1S/C12H20N4O2/c1-11(2)6-16(7-12(3,4)18-11)10(17)9-8(13)5-14-15-9/h5H,6-7,13H2,1-4H3,(H,14,15). The van der Waals surface area contributed by atoms with Gasteiger partial charge in [-0.3, -0.25) is 9.89 Å². The Morgan fingerprint density at radius 2 is 1.94 bits per heavy atom. The van der Waals surface area contributed by atoms with Gasteiger partial charge in [0.25, 0.3) is 5.91 Å². The lowest BCUT2D eigenvalue weighted by Gasteiger charge is -2.47. The van der Waals surface area contributed by atoms with E-state index in [1.54, 1.807) is 4.90 Å². The monoisotopic (exact) mass is 252 g/mol. The Kier molecular flexibility index (Phi) is 2.85. The normalized spacial score (nSPS) is 21.9. The Balaban J connectivity index is 2.23. The van der Waals surface area contributed by atoms with E-state index in [-0.39, 0.29) is 17.1 Å². The number of carbonyl (C=O) groups excluding carboxylic acids is 1. The number of nitrogen functional groups attached to an aromatic ring is 1. The lowest BCUT2D eigenvalue weighted by Crippen LogP contribution is -2.58. The van der Waals surface area contributed by atoms with Gasteiger partial charge in [0.2, 0.25) is 0 Å². The molecule has 0 spiro atoms. The molecule has 0 saturated carbocycles. The van der Waals surface area contributed by atoms with Crippen LogP contribution in [0.25, 0.3) is 0 Å². The highest BCUT2D eigenvalue weighted by atomic mass is 16.5. The van der Waals surface area contributed by atoms with Crippen molar-refractivity contribution in [1.29, 1.82) is 0 Å². The van der Waals surface area contributed by atoms with E-state index in [0.29, 0.717) is 24.5 Å². The number of hydrogen-bond acceptors (Lipinski definition) is 4. The molecule has 0 aromatic carbocycles. The summed E-state index contributed by atoms with van der Waals surface area (Å²) in [5.41, 5.74) is 5.70. The maximum Gasteiger partial charge on any atom is 0.274 e. The van der Waals surface area contributed by atoms with Crippen molar-refractivity contribution in [3.8, 4) is 0 Å². The van der Waals surface area contributed by atoms with Crippen molar-refractivity contribution in [3.63, 3.8) is 0 Å². The number of nitrogens with two attached hydrogens (primary N) is 1. The predicted molar refractivity (Wildman–Crippen MR) is 68.1 cm³/mol. The summed E-state index contributed by atoms with van der Waals surface area (Å²) in [6.45, 7) is 8.98. The number of aromatic nitrogens is 2. The summed E-state index contributed by atoms with van der Waals surface area (Å²) >= 11 is 0. The fourth-order valence-corrected chi connectivity index (χ4v) is 2.56. The third-order valence-corrected chi connectivity index (χ3v) is 2.87. The molecule has 1 saturated heterocycles. The third-order valence-electron chi connectivity index (χ3n) is 2.87. The van der Waals surface area contributed by atoms with Crippen LogP contribution in [0.1, 0.15) is 38.2 Å². The van der Waals surface area contributed by atoms with Gasteiger partial charge in [-0.05, 0) is 27.7 Å². The number of aromatic amines is 1. The van der Waals surface area contributed by atoms with E-state index in [1.165, 1.54) is 6.20 Å². The molecule has 0 unspecified atom stereocenters. The summed E-state index contributed by atoms with van der Waals surface area (Å²) in [6.07, 6.45) is 1.45. The molecule has 18 heavy (non-hydrogen) atoms. The van der Waals surface area contributed by atoms with E-state index in [2.05, 4.69) is 10.2 Å². The summed E-state index contributed by atoms with van der Waals surface area (Å²) in [5.74, 6) is -0.130. The second-order valence-corrected chi connectivity index (χ2v) is 5.98. The summed E-state index contributed by atoms with van der Waals surface area (Å²) in [5, 5.41) is 6.43. The van der Waals surface area contributed by atoms with Crippen molar-refractivity contribution in [2.24, 2.45) is 0 Å². The zero-order chi connectivity index (χ0) is 13.6. The molecule has 0 atom stereocenters. The molecule has 1 aromatic rings. The summed E-state index contributed by atoms with van der Waals surface area (Å²) in [4.78, 5) is 14.1. The smallest absolute Gasteiger partial charge is 0.274 e. The second-order valence-electron chi connectivity index (χ2n) is 5.98. The molecular formula is C12H20N4O2. The maximum absolute atomic E-state index is 12.4. The van der Waals surface area contributed by atoms with Gasteiger partial charge in [0.15, 0.2) is 0 Å². The quantitative estimate of drug-likeness (QED) is 0.781. The molecule has 2 rings (SSSR count). The highest BCUT2D eigenvalue weighted by Crippen LogP contribution is 2.29. The first kappa shape index (κ1) is 12.9. The van der Waals surface area contributed by atoms with Gasteiger partial charge in [-0.15, -0.1) is 0 Å². The first-order valence-corrected chi connectivity index (χ1v) is 5.98. The highest BCUT2D eigenvalue weighted by Gasteiger charge is 2.40. The summed E-state index contributed by atoms with van der Waals surface area (Å²) < 4.78 is 5.94. The molecule has 0 bridgehead atoms. The Bertz CT molecular complexity index is 448. The topological polar surface area (TPSA) is 84.2 Å². The lowest BCUT2D eigenvalue weighted by atomic mass is 9.98. The predicted octanol–water partition coefficient (Wildman–Crippen LogP) is 1.02. The van der Waals surface area contributed by atoms with Crippen LogP contribution in [0.4, 0.5) is 5.69 Å². The number of carbonyl (C=O) groups is 1. The first-order valence-electron chi connectivity index (χ1n) is 5.98. The number of anilines is 1. The van der Waals surface area contributed by atoms with Gasteiger partial charge < -0.3 is 15.4 Å². The minimum atomic E-state index is -0.369. The van der Waals surface area contributed by atoms with Crippen LogP contribution in [0.15, 0.2) is 6.20 Å². The van der Waals surface area contributed by atoms with Gasteiger partial charge in [0.1, 0.15) is 5.69 Å². The van der Waals surface area contributed by atoms with Crippen LogP contribution in [0.5, 0.6) is 0 Å². The molecular weight excluding hydrogens is 232 g/mol. The van der Waals surface area contributed by atoms with Crippen LogP contribution < -0.4 is 5.73 Å². The SMILES string of the molecule is CC1(C)CN(C(=O)c2[nH]ncc2N)CC(C)(C)O1. The van der Waals surface area contributed by atoms with Gasteiger partial charge in [0.05, 0.1) is 23.1 Å². The van der Waals surface area contributed by atoms with Gasteiger partial charge in [-0.2, -0.15) is 5.10 Å². The summed E-state index contributed by atoms with van der Waals surface area (Å²) in [6, 6.07) is 0. The van der Waals surface area contributed by atoms with E-state index in [4.69, 9.17) is 10.5 Å². The number of amides is 1. The van der Waals surface area contributed by atoms with Gasteiger partial charge in [-0.1, -0.05) is 0 Å². The van der Waals surface area contributed by atoms with Crippen molar-refractivity contribution in [2.75, 3.05) is 18.8 Å². The number of H-pyrrole nitrogens is 1. The van der Waals surface area contributed by atoms with Gasteiger partial charge in [-0.25, -0.2) is 0 Å². The zero-order valence-corrected chi connectivity index (χ0v) is 11.3. The largest absolute Gasteiger partial charge is 0.396 e. The molecule has 6 heteroatoms. The molecule has 1 aromatic heterocycles. The molecule has 1 aliphatic heterocycles. The molecule has 2 heterocycles. The first-order chi connectivity index (χ1) is 8.20. The average molecular weight is 252 g/mol. The average Bonchev–Trinajstić information content (AvgIpc) is 2.58. The van der Waals surface area contributed by atoms with E-state index >= 15 is 0 Å². The number of morpholine rings is 1. The van der Waals surface area contributed by atoms with Crippen molar-refractivity contribution in [1.82, 2.24) is 15.1 Å². The number of nitrogens with one attached hydrogen (secondary N) is 1. The van der Waals surface area contributed by atoms with Crippen LogP contribution in [0, 0.1) is 0 Å². The molecule has 0 aliphatic carbocycles. The number of nitrogens with zero attached hydrogens (tertiary/aromatic N) is 2. The molecule has 100 valence electrons. The molecule has 0 radical (unpaired) electrons. The van der Waals surface area contributed by atoms with Crippen molar-refractivity contribution in [3.05, 3.63) is 11.9 Å². The van der Waals surface area contributed by atoms with E-state index in [0.717, 1.165) is 0 Å². The van der Waals surface area contributed by atoms with Crippen LogP contribution in [0.2, 0.25) is 0 Å². The van der Waals surface area contributed by atoms with Gasteiger partial charge >= 0.3 is 0 Å². The van der Waals surface area contributed by atoms with Crippen molar-refractivity contribution < 1.29 is 9.53 Å². The highest BCUT2D eigenvalue weighted by molar-refractivity contribution is 5.97. The second kappa shape index (κ2) is 3.98. The third kappa shape index (κ3) is 2.48. The fraction of sp³-hybridized carbons (Fsp3) is 0.667. The van der Waals surface area contributed by atoms with Crippen molar-refractivity contribution in [2.45, 2.75) is 38.9 Å². The number of rotatable bonds is 1. The number of ether oxygens (including phenoxy) is 1. The van der Waals surface area contributed by atoms with Crippen LogP contribution in [0.3, 0.4) is 0 Å². The maximum atomic E-state index is 12.4. The van der Waals surface area contributed by atoms with E-state index in [9.17, 15) is 4.79 Å². The minimum Gasteiger partial charge on any atom is -0.396 e.